The first-order chi connectivity index (χ1) is 33.0. The van der Waals surface area contributed by atoms with Crippen molar-refractivity contribution in [3.63, 3.8) is 0 Å². The van der Waals surface area contributed by atoms with Crippen LogP contribution in [0.1, 0.15) is 290 Å². The van der Waals surface area contributed by atoms with Crippen molar-refractivity contribution in [2.45, 2.75) is 297 Å². The standard InChI is InChI=1S/C61H108O6/c1-4-7-10-13-16-19-22-25-27-29-30-32-34-37-39-42-45-48-51-54-60(63)66-57-58(67-61(64)55-52-49-46-43-40-35-24-21-18-15-12-9-6-3)56-65-59(62)53-50-47-44-41-38-36-33-31-28-26-23-20-17-14-11-8-5-2/h21,24-28,33,36,41,44,58H,4-20,22-23,29-32,34-35,37-40,42-43,45-57H2,1-3H3/b24-21-,27-25-,28-26-,36-33-,44-41-/t58-/m0/s1. The molecule has 0 saturated heterocycles. The number of carbonyl (C=O) groups excluding carboxylic acids is 3. The fourth-order valence-electron chi connectivity index (χ4n) is 8.10. The number of allylic oxidation sites excluding steroid dienone is 10. The van der Waals surface area contributed by atoms with Crippen LogP contribution >= 0.6 is 0 Å². The summed E-state index contributed by atoms with van der Waals surface area (Å²) < 4.78 is 16.8. The SMILES string of the molecule is CCCCCC/C=C\CCCCCCCC(=O)O[C@@H](COC(=O)CCC/C=C\C/C=C\C/C=C\CCCCCCCC)COC(=O)CCCCCCCCCCC/C=C\CCCCCCCC. The topological polar surface area (TPSA) is 78.9 Å². The maximum Gasteiger partial charge on any atom is 0.306 e. The molecule has 0 rings (SSSR count). The zero-order valence-electron chi connectivity index (χ0n) is 44.4. The Hall–Kier alpha value is -2.89. The van der Waals surface area contributed by atoms with Crippen molar-refractivity contribution in [1.82, 2.24) is 0 Å². The molecule has 0 aromatic rings. The normalized spacial score (nSPS) is 12.5. The van der Waals surface area contributed by atoms with E-state index in [4.69, 9.17) is 14.2 Å². The predicted octanol–water partition coefficient (Wildman–Crippen LogP) is 19.2. The molecule has 0 saturated carbocycles. The lowest BCUT2D eigenvalue weighted by molar-refractivity contribution is -0.167. The summed E-state index contributed by atoms with van der Waals surface area (Å²) in [6, 6.07) is 0. The summed E-state index contributed by atoms with van der Waals surface area (Å²) in [5.74, 6) is -0.950. The number of esters is 3. The van der Waals surface area contributed by atoms with Crippen LogP contribution in [0.4, 0.5) is 0 Å². The highest BCUT2D eigenvalue weighted by atomic mass is 16.6. The molecule has 6 nitrogen and oxygen atoms in total. The van der Waals surface area contributed by atoms with Crippen LogP contribution in [0.15, 0.2) is 60.8 Å². The molecular weight excluding hydrogens is 829 g/mol. The van der Waals surface area contributed by atoms with Crippen LogP contribution in [0.25, 0.3) is 0 Å². The molecule has 0 aromatic heterocycles. The highest BCUT2D eigenvalue weighted by Crippen LogP contribution is 2.15. The Balaban J connectivity index is 4.41. The van der Waals surface area contributed by atoms with Crippen molar-refractivity contribution in [3.8, 4) is 0 Å². The van der Waals surface area contributed by atoms with E-state index in [1.807, 2.05) is 0 Å². The lowest BCUT2D eigenvalue weighted by Crippen LogP contribution is -2.30. The van der Waals surface area contributed by atoms with Crippen molar-refractivity contribution in [2.75, 3.05) is 13.2 Å². The summed E-state index contributed by atoms with van der Waals surface area (Å²) in [5.41, 5.74) is 0. The van der Waals surface area contributed by atoms with Crippen LogP contribution in [0.2, 0.25) is 0 Å². The van der Waals surface area contributed by atoms with Crippen molar-refractivity contribution in [1.29, 1.82) is 0 Å². The van der Waals surface area contributed by atoms with Gasteiger partial charge in [-0.3, -0.25) is 14.4 Å². The van der Waals surface area contributed by atoms with Gasteiger partial charge in [0.15, 0.2) is 6.10 Å². The number of hydrogen-bond acceptors (Lipinski definition) is 6. The number of hydrogen-bond donors (Lipinski definition) is 0. The summed E-state index contributed by atoms with van der Waals surface area (Å²) in [6.45, 7) is 6.58. The molecule has 0 spiro atoms. The molecule has 0 heterocycles. The molecule has 67 heavy (non-hydrogen) atoms. The van der Waals surface area contributed by atoms with E-state index in [9.17, 15) is 14.4 Å². The molecule has 0 fully saturated rings. The van der Waals surface area contributed by atoms with E-state index in [2.05, 4.69) is 81.5 Å². The molecule has 0 N–H and O–H groups in total. The van der Waals surface area contributed by atoms with Gasteiger partial charge >= 0.3 is 17.9 Å². The van der Waals surface area contributed by atoms with Crippen molar-refractivity contribution in [2.24, 2.45) is 0 Å². The number of unbranched alkanes of at least 4 members (excludes halogenated alkanes) is 31. The Morgan fingerprint density at radius 3 is 0.925 bits per heavy atom. The van der Waals surface area contributed by atoms with E-state index in [0.717, 1.165) is 70.6 Å². The molecule has 0 bridgehead atoms. The van der Waals surface area contributed by atoms with Gasteiger partial charge in [-0.1, -0.05) is 229 Å². The minimum absolute atomic E-state index is 0.0932. The average Bonchev–Trinajstić information content (AvgIpc) is 3.33. The first kappa shape index (κ1) is 64.1. The molecule has 0 aliphatic heterocycles. The molecule has 388 valence electrons. The Bertz CT molecular complexity index is 1210. The van der Waals surface area contributed by atoms with Crippen molar-refractivity contribution < 1.29 is 28.6 Å². The van der Waals surface area contributed by atoms with Crippen LogP contribution in [0.5, 0.6) is 0 Å². The molecule has 0 unspecified atom stereocenters. The van der Waals surface area contributed by atoms with Gasteiger partial charge in [0.25, 0.3) is 0 Å². The fraction of sp³-hybridized carbons (Fsp3) is 0.787. The van der Waals surface area contributed by atoms with Gasteiger partial charge < -0.3 is 14.2 Å². The zero-order valence-corrected chi connectivity index (χ0v) is 44.4. The van der Waals surface area contributed by atoms with Crippen LogP contribution in [0.3, 0.4) is 0 Å². The van der Waals surface area contributed by atoms with Crippen LogP contribution < -0.4 is 0 Å². The van der Waals surface area contributed by atoms with Gasteiger partial charge in [0.2, 0.25) is 0 Å². The second kappa shape index (κ2) is 55.7. The van der Waals surface area contributed by atoms with Crippen molar-refractivity contribution >= 4 is 17.9 Å². The van der Waals surface area contributed by atoms with Gasteiger partial charge in [-0.05, 0) is 103 Å². The minimum Gasteiger partial charge on any atom is -0.462 e. The van der Waals surface area contributed by atoms with Gasteiger partial charge in [-0.2, -0.15) is 0 Å². The minimum atomic E-state index is -0.799. The quantitative estimate of drug-likeness (QED) is 0.0262. The maximum absolute atomic E-state index is 12.8. The monoisotopic (exact) mass is 937 g/mol. The summed E-state index contributed by atoms with van der Waals surface area (Å²) in [6.07, 6.45) is 69.3. The Morgan fingerprint density at radius 2 is 0.552 bits per heavy atom. The van der Waals surface area contributed by atoms with Gasteiger partial charge in [-0.15, -0.1) is 0 Å². The second-order valence-electron chi connectivity index (χ2n) is 19.2. The third-order valence-electron chi connectivity index (χ3n) is 12.5. The molecule has 0 radical (unpaired) electrons. The summed E-state index contributed by atoms with van der Waals surface area (Å²) in [5, 5.41) is 0. The third-order valence-corrected chi connectivity index (χ3v) is 12.5. The Kier molecular flexibility index (Phi) is 53.3. The second-order valence-corrected chi connectivity index (χ2v) is 19.2. The Labute approximate surface area is 415 Å². The molecule has 0 amide bonds. The van der Waals surface area contributed by atoms with Gasteiger partial charge in [0.05, 0.1) is 0 Å². The first-order valence-electron chi connectivity index (χ1n) is 28.8. The number of rotatable bonds is 52. The lowest BCUT2D eigenvalue weighted by atomic mass is 10.1. The zero-order chi connectivity index (χ0) is 48.6. The largest absolute Gasteiger partial charge is 0.462 e. The van der Waals surface area contributed by atoms with Gasteiger partial charge in [0.1, 0.15) is 13.2 Å². The molecule has 0 aliphatic rings. The molecule has 0 aliphatic carbocycles. The molecular formula is C61H108O6. The fourth-order valence-corrected chi connectivity index (χ4v) is 8.10. The average molecular weight is 938 g/mol. The number of carbonyl (C=O) groups is 3. The first-order valence-corrected chi connectivity index (χ1v) is 28.8. The molecule has 0 aromatic carbocycles. The lowest BCUT2D eigenvalue weighted by Gasteiger charge is -2.18. The predicted molar refractivity (Wildman–Crippen MR) is 288 cm³/mol. The van der Waals surface area contributed by atoms with E-state index in [1.54, 1.807) is 0 Å². The van der Waals surface area contributed by atoms with Crippen LogP contribution in [0, 0.1) is 0 Å². The molecule has 6 heteroatoms. The van der Waals surface area contributed by atoms with E-state index < -0.39 is 6.10 Å². The highest BCUT2D eigenvalue weighted by Gasteiger charge is 2.19. The van der Waals surface area contributed by atoms with Crippen molar-refractivity contribution in [3.05, 3.63) is 60.8 Å². The van der Waals surface area contributed by atoms with Gasteiger partial charge in [-0.25, -0.2) is 0 Å². The maximum atomic E-state index is 12.8. The number of ether oxygens (including phenoxy) is 3. The van der Waals surface area contributed by atoms with E-state index >= 15 is 0 Å². The Morgan fingerprint density at radius 1 is 0.299 bits per heavy atom. The van der Waals surface area contributed by atoms with Crippen LogP contribution in [-0.2, 0) is 28.6 Å². The summed E-state index contributed by atoms with van der Waals surface area (Å²) in [7, 11) is 0. The van der Waals surface area contributed by atoms with Gasteiger partial charge in [0, 0.05) is 19.3 Å². The summed E-state index contributed by atoms with van der Waals surface area (Å²) in [4.78, 5) is 38.1. The van der Waals surface area contributed by atoms with E-state index in [-0.39, 0.29) is 37.5 Å². The van der Waals surface area contributed by atoms with E-state index in [0.29, 0.717) is 19.3 Å². The van der Waals surface area contributed by atoms with E-state index in [1.165, 1.54) is 173 Å². The highest BCUT2D eigenvalue weighted by molar-refractivity contribution is 5.71. The van der Waals surface area contributed by atoms with Crippen LogP contribution in [-0.4, -0.2) is 37.2 Å². The molecule has 1 atom stereocenters. The third kappa shape index (κ3) is 53.9. The smallest absolute Gasteiger partial charge is 0.306 e. The summed E-state index contributed by atoms with van der Waals surface area (Å²) >= 11 is 0.